The minimum absolute atomic E-state index is 0.0300. The van der Waals surface area contributed by atoms with Gasteiger partial charge in [-0.2, -0.15) is 0 Å². The van der Waals surface area contributed by atoms with E-state index < -0.39 is 6.04 Å². The number of halogens is 2. The van der Waals surface area contributed by atoms with Crippen molar-refractivity contribution in [2.75, 3.05) is 6.61 Å². The van der Waals surface area contributed by atoms with Crippen molar-refractivity contribution in [3.05, 3.63) is 63.1 Å². The van der Waals surface area contributed by atoms with Crippen LogP contribution in [0.15, 0.2) is 46.9 Å². The lowest BCUT2D eigenvalue weighted by Crippen LogP contribution is -2.50. The van der Waals surface area contributed by atoms with Crippen LogP contribution in [0.25, 0.3) is 0 Å². The summed E-state index contributed by atoms with van der Waals surface area (Å²) in [6, 6.07) is 12.4. The van der Waals surface area contributed by atoms with E-state index in [4.69, 9.17) is 16.3 Å². The molecule has 7 heteroatoms. The van der Waals surface area contributed by atoms with Crippen molar-refractivity contribution >= 4 is 39.3 Å². The molecule has 0 aliphatic rings. The summed E-state index contributed by atoms with van der Waals surface area (Å²) in [5.41, 5.74) is 2.01. The van der Waals surface area contributed by atoms with Crippen molar-refractivity contribution in [3.63, 3.8) is 0 Å². The number of carbonyl (C=O) groups is 2. The molecule has 5 nitrogen and oxygen atoms in total. The summed E-state index contributed by atoms with van der Waals surface area (Å²) in [4.78, 5) is 27.4. The van der Waals surface area contributed by atoms with Gasteiger partial charge < -0.3 is 15.0 Å². The highest BCUT2D eigenvalue weighted by molar-refractivity contribution is 9.10. The summed E-state index contributed by atoms with van der Waals surface area (Å²) in [6.07, 6.45) is 1.72. The molecule has 0 aromatic heterocycles. The quantitative estimate of drug-likeness (QED) is 0.468. The van der Waals surface area contributed by atoms with E-state index in [2.05, 4.69) is 28.2 Å². The lowest BCUT2D eigenvalue weighted by molar-refractivity contribution is -0.142. The molecule has 0 radical (unpaired) electrons. The first-order chi connectivity index (χ1) is 14.7. The number of ether oxygens (including phenoxy) is 1. The van der Waals surface area contributed by atoms with Gasteiger partial charge in [0.1, 0.15) is 11.8 Å². The highest BCUT2D eigenvalue weighted by Gasteiger charge is 2.27. The van der Waals surface area contributed by atoms with Crippen molar-refractivity contribution in [2.24, 2.45) is 0 Å². The van der Waals surface area contributed by atoms with Gasteiger partial charge >= 0.3 is 0 Å². The van der Waals surface area contributed by atoms with E-state index in [1.54, 1.807) is 19.1 Å². The van der Waals surface area contributed by atoms with Crippen molar-refractivity contribution < 1.29 is 14.3 Å². The van der Waals surface area contributed by atoms with E-state index in [9.17, 15) is 9.59 Å². The summed E-state index contributed by atoms with van der Waals surface area (Å²) >= 11 is 9.60. The molecule has 0 bridgehead atoms. The van der Waals surface area contributed by atoms with E-state index >= 15 is 0 Å². The van der Waals surface area contributed by atoms with Crippen LogP contribution in [0.1, 0.15) is 45.2 Å². The van der Waals surface area contributed by atoms with Gasteiger partial charge in [-0.25, -0.2) is 0 Å². The van der Waals surface area contributed by atoms with Gasteiger partial charge in [-0.05, 0) is 78.0 Å². The van der Waals surface area contributed by atoms with Crippen molar-refractivity contribution in [2.45, 2.75) is 59.2 Å². The molecule has 0 saturated heterocycles. The molecular formula is C24H30BrClN2O3. The molecule has 2 rings (SSSR count). The first-order valence-corrected chi connectivity index (χ1v) is 11.7. The Morgan fingerprint density at radius 1 is 1.13 bits per heavy atom. The molecule has 2 aromatic rings. The molecular weight excluding hydrogens is 480 g/mol. The Morgan fingerprint density at radius 2 is 1.87 bits per heavy atom. The summed E-state index contributed by atoms with van der Waals surface area (Å²) in [7, 11) is 0. The van der Waals surface area contributed by atoms with E-state index in [0.29, 0.717) is 10.8 Å². The predicted octanol–water partition coefficient (Wildman–Crippen LogP) is 5.38. The standard InChI is InChI=1S/C24H30BrClN2O3/c1-5-16(3)27-24(30)17(4)28(14-19-8-7-9-20(26)12-19)23(29)15-31-22-11-10-18(6-2)13-21(22)25/h7-13,16-17H,5-6,14-15H2,1-4H3,(H,27,30)/t16-,17-/m0/s1. The summed E-state index contributed by atoms with van der Waals surface area (Å²) in [5.74, 6) is 0.112. The molecule has 168 valence electrons. The Kier molecular flexibility index (Phi) is 9.85. The zero-order chi connectivity index (χ0) is 23.0. The summed E-state index contributed by atoms with van der Waals surface area (Å²) in [6.45, 7) is 7.82. The Bertz CT molecular complexity index is 906. The SMILES string of the molecule is CCc1ccc(OCC(=O)N(Cc2cccc(Cl)c2)[C@@H](C)C(=O)N[C@@H](C)CC)c(Br)c1. The molecule has 0 aliphatic carbocycles. The fourth-order valence-electron chi connectivity index (χ4n) is 2.98. The van der Waals surface area contributed by atoms with E-state index in [1.165, 1.54) is 10.5 Å². The van der Waals surface area contributed by atoms with Gasteiger partial charge in [-0.15, -0.1) is 0 Å². The molecule has 0 unspecified atom stereocenters. The second kappa shape index (κ2) is 12.1. The molecule has 0 fully saturated rings. The number of aryl methyl sites for hydroxylation is 1. The number of benzene rings is 2. The van der Waals surface area contributed by atoms with E-state index in [-0.39, 0.29) is 31.0 Å². The Balaban J connectivity index is 2.17. The van der Waals surface area contributed by atoms with Gasteiger partial charge in [0.2, 0.25) is 5.91 Å². The average Bonchev–Trinajstić information content (AvgIpc) is 2.75. The van der Waals surface area contributed by atoms with Crippen molar-refractivity contribution in [1.29, 1.82) is 0 Å². The van der Waals surface area contributed by atoms with Gasteiger partial charge in [-0.3, -0.25) is 9.59 Å². The molecule has 2 amide bonds. The van der Waals surface area contributed by atoms with E-state index in [1.807, 2.05) is 44.2 Å². The molecule has 0 heterocycles. The second-order valence-electron chi connectivity index (χ2n) is 7.55. The third kappa shape index (κ3) is 7.54. The Labute approximate surface area is 198 Å². The first-order valence-electron chi connectivity index (χ1n) is 10.5. The molecule has 0 spiro atoms. The number of nitrogens with zero attached hydrogens (tertiary/aromatic N) is 1. The normalized spacial score (nSPS) is 12.7. The lowest BCUT2D eigenvalue weighted by atomic mass is 10.1. The van der Waals surface area contributed by atoms with Crippen LogP contribution in [0.5, 0.6) is 5.75 Å². The maximum atomic E-state index is 13.1. The first kappa shape index (κ1) is 25.2. The number of hydrogen-bond donors (Lipinski definition) is 1. The van der Waals surface area contributed by atoms with Gasteiger partial charge in [0, 0.05) is 17.6 Å². The maximum absolute atomic E-state index is 13.1. The van der Waals surface area contributed by atoms with Crippen LogP contribution in [0.4, 0.5) is 0 Å². The lowest BCUT2D eigenvalue weighted by Gasteiger charge is -2.29. The van der Waals surface area contributed by atoms with E-state index in [0.717, 1.165) is 22.9 Å². The highest BCUT2D eigenvalue weighted by Crippen LogP contribution is 2.26. The molecule has 31 heavy (non-hydrogen) atoms. The van der Waals surface area contributed by atoms with Crippen LogP contribution in [0, 0.1) is 0 Å². The van der Waals surface area contributed by atoms with Gasteiger partial charge in [0.15, 0.2) is 6.61 Å². The Hall–Kier alpha value is -2.05. The van der Waals surface area contributed by atoms with Crippen LogP contribution in [0.3, 0.4) is 0 Å². The largest absolute Gasteiger partial charge is 0.483 e. The maximum Gasteiger partial charge on any atom is 0.261 e. The van der Waals surface area contributed by atoms with Gasteiger partial charge in [0.05, 0.1) is 4.47 Å². The van der Waals surface area contributed by atoms with Crippen LogP contribution in [-0.2, 0) is 22.6 Å². The van der Waals surface area contributed by atoms with Crippen LogP contribution in [-0.4, -0.2) is 35.4 Å². The number of hydrogen-bond acceptors (Lipinski definition) is 3. The minimum atomic E-state index is -0.657. The zero-order valence-electron chi connectivity index (χ0n) is 18.5. The van der Waals surface area contributed by atoms with Crippen LogP contribution >= 0.6 is 27.5 Å². The average molecular weight is 510 g/mol. The number of rotatable bonds is 10. The number of carbonyl (C=O) groups excluding carboxylic acids is 2. The van der Waals surface area contributed by atoms with Crippen molar-refractivity contribution in [3.8, 4) is 5.75 Å². The van der Waals surface area contributed by atoms with Crippen LogP contribution < -0.4 is 10.1 Å². The molecule has 0 aliphatic heterocycles. The third-order valence-electron chi connectivity index (χ3n) is 5.17. The van der Waals surface area contributed by atoms with Crippen molar-refractivity contribution in [1.82, 2.24) is 10.2 Å². The van der Waals surface area contributed by atoms with Crippen LogP contribution in [0.2, 0.25) is 5.02 Å². The third-order valence-corrected chi connectivity index (χ3v) is 6.02. The highest BCUT2D eigenvalue weighted by atomic mass is 79.9. The minimum Gasteiger partial charge on any atom is -0.483 e. The number of nitrogens with one attached hydrogen (secondary N) is 1. The monoisotopic (exact) mass is 508 g/mol. The molecule has 2 atom stereocenters. The summed E-state index contributed by atoms with van der Waals surface area (Å²) in [5, 5.41) is 3.53. The molecule has 1 N–H and O–H groups in total. The smallest absolute Gasteiger partial charge is 0.261 e. The molecule has 2 aromatic carbocycles. The topological polar surface area (TPSA) is 58.6 Å². The summed E-state index contributed by atoms with van der Waals surface area (Å²) < 4.78 is 6.57. The van der Waals surface area contributed by atoms with Gasteiger partial charge in [0.25, 0.3) is 5.91 Å². The molecule has 0 saturated carbocycles. The predicted molar refractivity (Wildman–Crippen MR) is 128 cm³/mol. The second-order valence-corrected chi connectivity index (χ2v) is 8.84. The van der Waals surface area contributed by atoms with Gasteiger partial charge in [-0.1, -0.05) is 43.6 Å². The fraction of sp³-hybridized carbons (Fsp3) is 0.417. The number of amides is 2. The fourth-order valence-corrected chi connectivity index (χ4v) is 3.74. The zero-order valence-corrected chi connectivity index (χ0v) is 20.8. The Morgan fingerprint density at radius 3 is 2.48 bits per heavy atom.